The van der Waals surface area contributed by atoms with Crippen LogP contribution < -0.4 is 0 Å². The van der Waals surface area contributed by atoms with E-state index in [2.05, 4.69) is 0 Å². The Morgan fingerprint density at radius 3 is 0.140 bits per heavy atom. The third-order valence-corrected chi connectivity index (χ3v) is 0. The normalized spacial score (nSPS) is 5.76. The zero-order valence-corrected chi connectivity index (χ0v) is 21.6. The minimum atomic E-state index is -1.83. The van der Waals surface area contributed by atoms with E-state index in [9.17, 15) is 0 Å². The van der Waals surface area contributed by atoms with Crippen LogP contribution in [0.1, 0.15) is 0 Å². The average molecular weight is 792 g/mol. The first-order chi connectivity index (χ1) is 20.8. The van der Waals surface area contributed by atoms with Gasteiger partial charge in [-0.05, 0) is 0 Å². The first-order valence-electron chi connectivity index (χ1n) is 7.82. The molecule has 0 saturated carbocycles. The Labute approximate surface area is 312 Å². The second-order valence-corrected chi connectivity index (χ2v) is 3.39. The zero-order valence-electron chi connectivity index (χ0n) is 21.6. The standard InChI is InChI=1S/12CH2O3.2Na.2H/c12*2-1(3)4;;;;/h12*(H2,2,3,4);;;;. The zero-order chi connectivity index (χ0) is 42.9. The fourth-order valence-electron chi connectivity index (χ4n) is 0. The summed E-state index contributed by atoms with van der Waals surface area (Å²) in [5, 5.41) is 167. The molecular formula is C12H26Na2O36. The van der Waals surface area contributed by atoms with Crippen LogP contribution in [0.2, 0.25) is 0 Å². The SMILES string of the molecule is O=C(O)O.O=C(O)O.O=C(O)O.O=C(O)O.O=C(O)O.O=C(O)O.O=C(O)O.O=C(O)O.O=C(O)O.O=C(O)O.O=C(O)O.O=C(O)O.[NaH].[NaH]. The molecule has 24 N–H and O–H groups in total. The number of rotatable bonds is 0. The van der Waals surface area contributed by atoms with Gasteiger partial charge in [0.25, 0.3) is 0 Å². The van der Waals surface area contributed by atoms with Gasteiger partial charge in [-0.15, -0.1) is 0 Å². The molecule has 0 fully saturated rings. The van der Waals surface area contributed by atoms with Crippen LogP contribution in [0.4, 0.5) is 57.5 Å². The molecule has 0 radical (unpaired) electrons. The van der Waals surface area contributed by atoms with Gasteiger partial charge >= 0.3 is 133 Å². The average Bonchev–Trinajstić information content (AvgIpc) is 2.61. The van der Waals surface area contributed by atoms with Crippen LogP contribution in [-0.2, 0) is 0 Å². The van der Waals surface area contributed by atoms with E-state index >= 15 is 0 Å². The van der Waals surface area contributed by atoms with Gasteiger partial charge in [-0.25, -0.2) is 57.5 Å². The van der Waals surface area contributed by atoms with Crippen LogP contribution in [0.5, 0.6) is 0 Å². The van der Waals surface area contributed by atoms with E-state index in [4.69, 9.17) is 180 Å². The van der Waals surface area contributed by atoms with Crippen LogP contribution in [0.15, 0.2) is 0 Å². The predicted octanol–water partition coefficient (Wildman–Crippen LogP) is 1.37. The first kappa shape index (κ1) is 90.2. The summed E-state index contributed by atoms with van der Waals surface area (Å²) in [6.07, 6.45) is -22.0. The quantitative estimate of drug-likeness (QED) is 0.154. The molecule has 0 aliphatic rings. The maximum atomic E-state index is 8.56. The van der Waals surface area contributed by atoms with Crippen molar-refractivity contribution in [1.82, 2.24) is 0 Å². The van der Waals surface area contributed by atoms with E-state index in [1.165, 1.54) is 0 Å². The van der Waals surface area contributed by atoms with E-state index in [1.54, 1.807) is 0 Å². The van der Waals surface area contributed by atoms with Crippen molar-refractivity contribution in [2.45, 2.75) is 0 Å². The molecule has 50 heavy (non-hydrogen) atoms. The van der Waals surface area contributed by atoms with Crippen molar-refractivity contribution in [1.29, 1.82) is 0 Å². The monoisotopic (exact) mass is 792 g/mol. The minimum absolute atomic E-state index is 0. The van der Waals surface area contributed by atoms with E-state index < -0.39 is 73.9 Å². The summed E-state index contributed by atoms with van der Waals surface area (Å²) in [7, 11) is 0. The Bertz CT molecular complexity index is 585. The predicted molar refractivity (Wildman–Crippen MR) is 142 cm³/mol. The van der Waals surface area contributed by atoms with Gasteiger partial charge in [0.1, 0.15) is 0 Å². The molecule has 0 atom stereocenters. The van der Waals surface area contributed by atoms with Crippen molar-refractivity contribution in [2.75, 3.05) is 0 Å². The molecular weight excluding hydrogens is 766 g/mol. The molecule has 0 amide bonds. The van der Waals surface area contributed by atoms with Gasteiger partial charge in [0.2, 0.25) is 0 Å². The molecule has 292 valence electrons. The van der Waals surface area contributed by atoms with Gasteiger partial charge in [0.05, 0.1) is 0 Å². The van der Waals surface area contributed by atoms with E-state index in [0.29, 0.717) is 0 Å². The fraction of sp³-hybridized carbons (Fsp3) is 0. The summed E-state index contributed by atoms with van der Waals surface area (Å²) in [5.74, 6) is 0. The van der Waals surface area contributed by atoms with Gasteiger partial charge in [-0.3, -0.25) is 0 Å². The Balaban J connectivity index is -0.0000000235. The van der Waals surface area contributed by atoms with E-state index in [1.807, 2.05) is 0 Å². The van der Waals surface area contributed by atoms with Crippen molar-refractivity contribution in [3.8, 4) is 0 Å². The fourth-order valence-corrected chi connectivity index (χ4v) is 0. The number of carboxylic acid groups (broad SMARTS) is 24. The van der Waals surface area contributed by atoms with Gasteiger partial charge in [0.15, 0.2) is 0 Å². The Morgan fingerprint density at radius 2 is 0.140 bits per heavy atom. The molecule has 0 spiro atoms. The molecule has 36 nitrogen and oxygen atoms in total. The van der Waals surface area contributed by atoms with Gasteiger partial charge in [-0.1, -0.05) is 0 Å². The summed E-state index contributed by atoms with van der Waals surface area (Å²) >= 11 is 0. The molecule has 0 rings (SSSR count). The van der Waals surface area contributed by atoms with E-state index in [-0.39, 0.29) is 59.1 Å². The van der Waals surface area contributed by atoms with Gasteiger partial charge < -0.3 is 123 Å². The summed E-state index contributed by atoms with van der Waals surface area (Å²) in [4.78, 5) is 103. The first-order valence-corrected chi connectivity index (χ1v) is 7.82. The third-order valence-electron chi connectivity index (χ3n) is 0. The molecule has 0 aliphatic heterocycles. The molecule has 0 aromatic rings. The number of carbonyl (C=O) groups is 12. The van der Waals surface area contributed by atoms with E-state index in [0.717, 1.165) is 0 Å². The van der Waals surface area contributed by atoms with Gasteiger partial charge in [0, 0.05) is 0 Å². The summed E-state index contributed by atoms with van der Waals surface area (Å²) in [6, 6.07) is 0. The summed E-state index contributed by atoms with van der Waals surface area (Å²) in [6.45, 7) is 0. The van der Waals surface area contributed by atoms with Crippen LogP contribution in [-0.4, -0.2) is 256 Å². The van der Waals surface area contributed by atoms with Crippen molar-refractivity contribution >= 4 is 133 Å². The second-order valence-electron chi connectivity index (χ2n) is 3.39. The third kappa shape index (κ3) is 1460. The maximum absolute atomic E-state index is 8.56. The van der Waals surface area contributed by atoms with Crippen molar-refractivity contribution in [3.63, 3.8) is 0 Å². The molecule has 0 unspecified atom stereocenters. The Hall–Kier alpha value is -6.76. The molecule has 0 saturated heterocycles. The Morgan fingerprint density at radius 1 is 0.140 bits per heavy atom. The summed E-state index contributed by atoms with van der Waals surface area (Å²) < 4.78 is 0. The molecule has 0 aliphatic carbocycles. The molecule has 0 aromatic heterocycles. The molecule has 0 bridgehead atoms. The van der Waals surface area contributed by atoms with Gasteiger partial charge in [-0.2, -0.15) is 0 Å². The van der Waals surface area contributed by atoms with Crippen LogP contribution in [0.3, 0.4) is 0 Å². The molecule has 38 heteroatoms. The molecule has 0 heterocycles. The van der Waals surface area contributed by atoms with Crippen molar-refractivity contribution in [3.05, 3.63) is 0 Å². The summed E-state index contributed by atoms with van der Waals surface area (Å²) in [5.41, 5.74) is 0. The number of hydrogen-bond acceptors (Lipinski definition) is 12. The van der Waals surface area contributed by atoms with Crippen molar-refractivity contribution < 1.29 is 180 Å². The van der Waals surface area contributed by atoms with Crippen LogP contribution >= 0.6 is 0 Å². The topological polar surface area (TPSA) is 690 Å². The van der Waals surface area contributed by atoms with Crippen LogP contribution in [0, 0.1) is 0 Å². The Kier molecular flexibility index (Phi) is 152. The van der Waals surface area contributed by atoms with Crippen LogP contribution in [0.25, 0.3) is 0 Å². The van der Waals surface area contributed by atoms with Crippen molar-refractivity contribution in [2.24, 2.45) is 0 Å². The number of hydrogen-bond donors (Lipinski definition) is 24. The molecule has 0 aromatic carbocycles. The second kappa shape index (κ2) is 84.0.